The molecule has 0 spiro atoms. The normalized spacial score (nSPS) is 22.6. The highest BCUT2D eigenvalue weighted by Crippen LogP contribution is 2.39. The summed E-state index contributed by atoms with van der Waals surface area (Å²) >= 11 is 0. The Morgan fingerprint density at radius 1 is 1.24 bits per heavy atom. The zero-order valence-electron chi connectivity index (χ0n) is 22.5. The summed E-state index contributed by atoms with van der Waals surface area (Å²) in [4.78, 5) is 37.8. The van der Waals surface area contributed by atoms with Gasteiger partial charge >= 0.3 is 12.0 Å². The molecule has 1 aliphatic heterocycles. The molecule has 1 unspecified atom stereocenters. The van der Waals surface area contributed by atoms with E-state index in [1.807, 2.05) is 30.3 Å². The van der Waals surface area contributed by atoms with Gasteiger partial charge in [0.15, 0.2) is 11.6 Å². The number of aliphatic carboxylic acids is 1. The molecule has 1 atom stereocenters. The number of amides is 3. The predicted molar refractivity (Wildman–Crippen MR) is 143 cm³/mol. The van der Waals surface area contributed by atoms with E-state index < -0.39 is 35.1 Å². The molecule has 1 aliphatic carbocycles. The van der Waals surface area contributed by atoms with E-state index in [0.29, 0.717) is 19.3 Å². The van der Waals surface area contributed by atoms with Crippen LogP contribution in [-0.2, 0) is 19.7 Å². The highest BCUT2D eigenvalue weighted by molar-refractivity contribution is 5.94. The number of carbonyl (C=O) groups is 3. The Bertz CT molecular complexity index is 1360. The van der Waals surface area contributed by atoms with E-state index in [4.69, 9.17) is 4.74 Å². The summed E-state index contributed by atoms with van der Waals surface area (Å²) in [5.74, 6) is -3.80. The molecule has 0 aromatic heterocycles. The Balaban J connectivity index is 1.51. The molecule has 41 heavy (non-hydrogen) atoms. The lowest BCUT2D eigenvalue weighted by molar-refractivity contribution is -0.139. The van der Waals surface area contributed by atoms with E-state index >= 15 is 0 Å². The number of nitrogens with zero attached hydrogens (tertiary/aromatic N) is 3. The molecule has 216 valence electrons. The molecular formula is C29H31F2N5O5. The number of hydrogen-bond acceptors (Lipinski definition) is 6. The minimum absolute atomic E-state index is 0.0256. The van der Waals surface area contributed by atoms with Crippen molar-refractivity contribution >= 4 is 18.4 Å². The summed E-state index contributed by atoms with van der Waals surface area (Å²) in [6, 6.07) is 12.8. The van der Waals surface area contributed by atoms with Gasteiger partial charge in [0.2, 0.25) is 6.41 Å². The fourth-order valence-electron chi connectivity index (χ4n) is 5.55. The van der Waals surface area contributed by atoms with Gasteiger partial charge in [-0.3, -0.25) is 9.80 Å². The molecule has 1 saturated carbocycles. The van der Waals surface area contributed by atoms with E-state index in [1.165, 1.54) is 13.2 Å². The third-order valence-electron chi connectivity index (χ3n) is 7.64. The Kier molecular flexibility index (Phi) is 9.31. The third-order valence-corrected chi connectivity index (χ3v) is 7.64. The number of carboxylic acids is 1. The molecule has 12 heteroatoms. The van der Waals surface area contributed by atoms with E-state index in [-0.39, 0.29) is 42.6 Å². The van der Waals surface area contributed by atoms with Gasteiger partial charge in [-0.25, -0.2) is 23.4 Å². The number of hydrogen-bond donors (Lipinski definition) is 3. The molecule has 10 nitrogen and oxygen atoms in total. The summed E-state index contributed by atoms with van der Waals surface area (Å²) < 4.78 is 33.0. The summed E-state index contributed by atoms with van der Waals surface area (Å²) in [7, 11) is 1.31. The average molecular weight is 568 g/mol. The molecule has 1 heterocycles. The number of benzene rings is 2. The second-order valence-corrected chi connectivity index (χ2v) is 10.0. The lowest BCUT2D eigenvalue weighted by Gasteiger charge is -2.42. The van der Waals surface area contributed by atoms with Gasteiger partial charge in [0, 0.05) is 19.7 Å². The van der Waals surface area contributed by atoms with Crippen molar-refractivity contribution in [3.63, 3.8) is 0 Å². The largest absolute Gasteiger partial charge is 0.478 e. The quantitative estimate of drug-likeness (QED) is 0.354. The summed E-state index contributed by atoms with van der Waals surface area (Å²) in [6.45, 7) is -0.0410. The Hall–Kier alpha value is -4.34. The maximum atomic E-state index is 14.2. The number of ether oxygens (including phenoxy) is 1. The first-order chi connectivity index (χ1) is 19.7. The molecular weight excluding hydrogens is 536 g/mol. The number of rotatable bonds is 11. The second kappa shape index (κ2) is 12.9. The van der Waals surface area contributed by atoms with Crippen LogP contribution in [0.4, 0.5) is 13.6 Å². The number of methoxy groups -OCH3 is 1. The van der Waals surface area contributed by atoms with Crippen LogP contribution in [0, 0.1) is 23.0 Å². The van der Waals surface area contributed by atoms with Gasteiger partial charge in [0.25, 0.3) is 0 Å². The average Bonchev–Trinajstić information content (AvgIpc) is 2.98. The monoisotopic (exact) mass is 567 g/mol. The first-order valence-corrected chi connectivity index (χ1v) is 13.2. The van der Waals surface area contributed by atoms with Crippen molar-refractivity contribution in [3.8, 4) is 6.07 Å². The van der Waals surface area contributed by atoms with E-state index in [2.05, 4.69) is 16.7 Å². The van der Waals surface area contributed by atoms with Crippen molar-refractivity contribution in [2.45, 2.75) is 43.2 Å². The first-order valence-electron chi connectivity index (χ1n) is 13.2. The van der Waals surface area contributed by atoms with Crippen LogP contribution in [0.15, 0.2) is 59.8 Å². The van der Waals surface area contributed by atoms with Crippen LogP contribution in [0.1, 0.15) is 42.9 Å². The summed E-state index contributed by atoms with van der Waals surface area (Å²) in [5.41, 5.74) is -0.0230. The molecule has 2 aromatic carbocycles. The van der Waals surface area contributed by atoms with Gasteiger partial charge in [-0.05, 0) is 48.9 Å². The minimum atomic E-state index is -1.44. The molecule has 0 bridgehead atoms. The van der Waals surface area contributed by atoms with Gasteiger partial charge in [-0.15, -0.1) is 0 Å². The first kappa shape index (κ1) is 29.6. The van der Waals surface area contributed by atoms with E-state index in [1.54, 1.807) is 0 Å². The fourth-order valence-corrected chi connectivity index (χ4v) is 5.55. The van der Waals surface area contributed by atoms with Crippen LogP contribution in [0.3, 0.4) is 0 Å². The van der Waals surface area contributed by atoms with Crippen LogP contribution in [0.25, 0.3) is 0 Å². The second-order valence-electron chi connectivity index (χ2n) is 10.0. The topological polar surface area (TPSA) is 135 Å². The Labute approximate surface area is 236 Å². The molecule has 3 amide bonds. The smallest absolute Gasteiger partial charge is 0.341 e. The van der Waals surface area contributed by atoms with Crippen molar-refractivity contribution in [2.75, 3.05) is 26.8 Å². The SMILES string of the molecule is COCC1=C(C(=O)O)C(c2ccc(F)c(F)c2)N(N(C=O)CCNC2CCC(C#N)(c3ccccc3)CC2)C(=O)N1. The molecule has 0 saturated heterocycles. The predicted octanol–water partition coefficient (Wildman–Crippen LogP) is 3.38. The van der Waals surface area contributed by atoms with Gasteiger partial charge in [-0.1, -0.05) is 36.4 Å². The number of urea groups is 1. The van der Waals surface area contributed by atoms with Crippen molar-refractivity contribution in [2.24, 2.45) is 0 Å². The lowest BCUT2D eigenvalue weighted by atomic mass is 9.69. The number of nitrogens with one attached hydrogen (secondary N) is 2. The van der Waals surface area contributed by atoms with Crippen LogP contribution >= 0.6 is 0 Å². The van der Waals surface area contributed by atoms with Gasteiger partial charge in [-0.2, -0.15) is 5.26 Å². The minimum Gasteiger partial charge on any atom is -0.478 e. The van der Waals surface area contributed by atoms with Crippen LogP contribution in [0.2, 0.25) is 0 Å². The molecule has 3 N–H and O–H groups in total. The molecule has 2 aromatic rings. The molecule has 4 rings (SSSR count). The van der Waals surface area contributed by atoms with Gasteiger partial charge in [0.05, 0.1) is 35.9 Å². The van der Waals surface area contributed by atoms with E-state index in [0.717, 1.165) is 40.6 Å². The van der Waals surface area contributed by atoms with Crippen LogP contribution in [0.5, 0.6) is 0 Å². The van der Waals surface area contributed by atoms with Crippen LogP contribution in [-0.4, -0.2) is 66.4 Å². The molecule has 1 fully saturated rings. The fraction of sp³-hybridized carbons (Fsp3) is 0.379. The zero-order valence-corrected chi connectivity index (χ0v) is 22.5. The van der Waals surface area contributed by atoms with E-state index in [9.17, 15) is 33.5 Å². The highest BCUT2D eigenvalue weighted by atomic mass is 19.2. The highest BCUT2D eigenvalue weighted by Gasteiger charge is 2.42. The number of carbonyl (C=O) groups excluding carboxylic acids is 2. The number of nitriles is 1. The maximum Gasteiger partial charge on any atom is 0.341 e. The molecule has 0 radical (unpaired) electrons. The number of halogens is 2. The number of carboxylic acid groups (broad SMARTS) is 1. The van der Waals surface area contributed by atoms with Crippen LogP contribution < -0.4 is 10.6 Å². The Morgan fingerprint density at radius 3 is 2.54 bits per heavy atom. The van der Waals surface area contributed by atoms with Crippen molar-refractivity contribution in [1.82, 2.24) is 20.7 Å². The standard InChI is InChI=1S/C29H31F2N5O5/c1-41-16-24-25(27(38)39)26(19-7-8-22(30)23(31)15-19)36(28(40)34-24)35(18-37)14-13-33-21-9-11-29(17-32,12-10-21)20-5-3-2-4-6-20/h2-8,15,18,21,26,33H,9-14,16H2,1H3,(H,34,40)(H,38,39). The third kappa shape index (κ3) is 6.21. The van der Waals surface area contributed by atoms with Crippen molar-refractivity contribution in [3.05, 3.63) is 82.6 Å². The summed E-state index contributed by atoms with van der Waals surface area (Å²) in [5, 5.41) is 27.7. The maximum absolute atomic E-state index is 14.2. The zero-order chi connectivity index (χ0) is 29.6. The molecule has 2 aliphatic rings. The Morgan fingerprint density at radius 2 is 1.95 bits per heavy atom. The van der Waals surface area contributed by atoms with Gasteiger partial charge in [0.1, 0.15) is 6.04 Å². The van der Waals surface area contributed by atoms with Crippen molar-refractivity contribution in [1.29, 1.82) is 5.26 Å². The van der Waals surface area contributed by atoms with Gasteiger partial charge < -0.3 is 20.5 Å². The summed E-state index contributed by atoms with van der Waals surface area (Å²) in [6.07, 6.45) is 3.13. The lowest BCUT2D eigenvalue weighted by Crippen LogP contribution is -2.58. The van der Waals surface area contributed by atoms with Crippen molar-refractivity contribution < 1.29 is 33.0 Å². The number of hydrazine groups is 1.